The number of nitrogens with one attached hydrogen (secondary N) is 1. The first-order valence-electron chi connectivity index (χ1n) is 5.28. The normalized spacial score (nSPS) is 14.2. The van der Waals surface area contributed by atoms with Crippen molar-refractivity contribution in [3.05, 3.63) is 0 Å². The molecule has 2 amide bonds. The molecule has 88 valence electrons. The molecule has 0 aliphatic heterocycles. The first-order valence-corrected chi connectivity index (χ1v) is 5.28. The van der Waals surface area contributed by atoms with E-state index in [-0.39, 0.29) is 11.8 Å². The number of hydrogen-bond donors (Lipinski definition) is 2. The van der Waals surface area contributed by atoms with E-state index in [1.807, 2.05) is 13.8 Å². The van der Waals surface area contributed by atoms with E-state index in [2.05, 4.69) is 5.32 Å². The summed E-state index contributed by atoms with van der Waals surface area (Å²) in [6.45, 7) is 8.36. The van der Waals surface area contributed by atoms with Crippen molar-refractivity contribution in [2.45, 2.75) is 39.8 Å². The van der Waals surface area contributed by atoms with E-state index in [1.165, 1.54) is 0 Å². The molecular weight excluding hydrogens is 194 g/mol. The highest BCUT2D eigenvalue weighted by molar-refractivity contribution is 5.89. The fourth-order valence-corrected chi connectivity index (χ4v) is 1.22. The third-order valence-electron chi connectivity index (χ3n) is 2.22. The minimum Gasteiger partial charge on any atom is -0.343 e. The largest absolute Gasteiger partial charge is 0.343 e. The molecule has 0 aromatic heterocycles. The van der Waals surface area contributed by atoms with Crippen LogP contribution in [0.3, 0.4) is 0 Å². The number of amides is 2. The summed E-state index contributed by atoms with van der Waals surface area (Å²) >= 11 is 0. The summed E-state index contributed by atoms with van der Waals surface area (Å²) in [6, 6.07) is -1.10. The summed E-state index contributed by atoms with van der Waals surface area (Å²) in [6.07, 6.45) is 0. The molecule has 0 radical (unpaired) electrons. The Morgan fingerprint density at radius 2 is 1.73 bits per heavy atom. The SMILES string of the molecule is CCN(CC)C(=O)C(C)NC(=O)[C@H](C)N. The van der Waals surface area contributed by atoms with Crippen LogP contribution in [-0.4, -0.2) is 41.9 Å². The Bertz CT molecular complexity index is 225. The van der Waals surface area contributed by atoms with Crippen LogP contribution < -0.4 is 11.1 Å². The molecule has 0 aliphatic rings. The van der Waals surface area contributed by atoms with E-state index in [9.17, 15) is 9.59 Å². The van der Waals surface area contributed by atoms with Gasteiger partial charge in [-0.2, -0.15) is 0 Å². The second-order valence-electron chi connectivity index (χ2n) is 3.53. The Morgan fingerprint density at radius 3 is 2.07 bits per heavy atom. The predicted molar refractivity (Wildman–Crippen MR) is 59.2 cm³/mol. The van der Waals surface area contributed by atoms with Crippen LogP contribution in [0.5, 0.6) is 0 Å². The molecule has 0 rings (SSSR count). The lowest BCUT2D eigenvalue weighted by atomic mass is 10.2. The minimum absolute atomic E-state index is 0.0750. The number of hydrogen-bond acceptors (Lipinski definition) is 3. The second-order valence-corrected chi connectivity index (χ2v) is 3.53. The molecule has 0 fully saturated rings. The molecule has 0 spiro atoms. The molecule has 5 heteroatoms. The molecule has 0 heterocycles. The molecular formula is C10H21N3O2. The van der Waals surface area contributed by atoms with Gasteiger partial charge in [-0.1, -0.05) is 0 Å². The highest BCUT2D eigenvalue weighted by Crippen LogP contribution is 1.95. The zero-order valence-corrected chi connectivity index (χ0v) is 9.91. The second kappa shape index (κ2) is 6.40. The number of carbonyl (C=O) groups excluding carboxylic acids is 2. The lowest BCUT2D eigenvalue weighted by molar-refractivity contribution is -0.135. The van der Waals surface area contributed by atoms with Gasteiger partial charge in [0.25, 0.3) is 0 Å². The van der Waals surface area contributed by atoms with E-state index in [0.29, 0.717) is 13.1 Å². The van der Waals surface area contributed by atoms with Crippen LogP contribution in [0.15, 0.2) is 0 Å². The van der Waals surface area contributed by atoms with Crippen molar-refractivity contribution in [2.75, 3.05) is 13.1 Å². The van der Waals surface area contributed by atoms with Gasteiger partial charge in [0, 0.05) is 13.1 Å². The minimum atomic E-state index is -0.586. The van der Waals surface area contributed by atoms with Gasteiger partial charge in [0.05, 0.1) is 6.04 Å². The van der Waals surface area contributed by atoms with Crippen LogP contribution in [0.25, 0.3) is 0 Å². The molecule has 0 aromatic carbocycles. The van der Waals surface area contributed by atoms with Crippen molar-refractivity contribution in [3.8, 4) is 0 Å². The molecule has 5 nitrogen and oxygen atoms in total. The average Bonchev–Trinajstić information content (AvgIpc) is 2.19. The Balaban J connectivity index is 4.26. The van der Waals surface area contributed by atoms with E-state index in [1.54, 1.807) is 18.7 Å². The van der Waals surface area contributed by atoms with E-state index >= 15 is 0 Å². The van der Waals surface area contributed by atoms with Crippen LogP contribution in [0.1, 0.15) is 27.7 Å². The van der Waals surface area contributed by atoms with Gasteiger partial charge in [-0.25, -0.2) is 0 Å². The molecule has 2 atom stereocenters. The number of carbonyl (C=O) groups is 2. The van der Waals surface area contributed by atoms with Gasteiger partial charge in [0.15, 0.2) is 0 Å². The maximum absolute atomic E-state index is 11.7. The van der Waals surface area contributed by atoms with Gasteiger partial charge in [0.2, 0.25) is 11.8 Å². The van der Waals surface area contributed by atoms with Crippen molar-refractivity contribution in [1.29, 1.82) is 0 Å². The maximum Gasteiger partial charge on any atom is 0.244 e. The van der Waals surface area contributed by atoms with Gasteiger partial charge < -0.3 is 16.0 Å². The Labute approximate surface area is 91.0 Å². The summed E-state index contributed by atoms with van der Waals surface area (Å²) in [4.78, 5) is 24.7. The van der Waals surface area contributed by atoms with Crippen LogP contribution in [0.4, 0.5) is 0 Å². The Kier molecular flexibility index (Phi) is 5.93. The summed E-state index contributed by atoms with van der Waals surface area (Å²) in [5.41, 5.74) is 5.39. The van der Waals surface area contributed by atoms with Gasteiger partial charge in [-0.15, -0.1) is 0 Å². The monoisotopic (exact) mass is 215 g/mol. The van der Waals surface area contributed by atoms with Crippen LogP contribution >= 0.6 is 0 Å². The highest BCUT2D eigenvalue weighted by atomic mass is 16.2. The molecule has 0 aliphatic carbocycles. The zero-order valence-electron chi connectivity index (χ0n) is 9.91. The first kappa shape index (κ1) is 13.9. The van der Waals surface area contributed by atoms with Crippen molar-refractivity contribution in [2.24, 2.45) is 5.73 Å². The fraction of sp³-hybridized carbons (Fsp3) is 0.800. The van der Waals surface area contributed by atoms with Crippen molar-refractivity contribution >= 4 is 11.8 Å². The van der Waals surface area contributed by atoms with Gasteiger partial charge in [-0.3, -0.25) is 9.59 Å². The number of rotatable bonds is 5. The van der Waals surface area contributed by atoms with Gasteiger partial charge in [-0.05, 0) is 27.7 Å². The molecule has 0 saturated carbocycles. The first-order chi connectivity index (χ1) is 6.93. The van der Waals surface area contributed by atoms with Gasteiger partial charge in [0.1, 0.15) is 6.04 Å². The standard InChI is InChI=1S/C10H21N3O2/c1-5-13(6-2)10(15)8(4)12-9(14)7(3)11/h7-8H,5-6,11H2,1-4H3,(H,12,14)/t7-,8?/m0/s1. The van der Waals surface area contributed by atoms with E-state index < -0.39 is 12.1 Å². The number of nitrogens with two attached hydrogens (primary N) is 1. The summed E-state index contributed by atoms with van der Waals surface area (Å²) in [5, 5.41) is 2.57. The van der Waals surface area contributed by atoms with Gasteiger partial charge >= 0.3 is 0 Å². The Morgan fingerprint density at radius 1 is 1.27 bits per heavy atom. The highest BCUT2D eigenvalue weighted by Gasteiger charge is 2.20. The molecule has 1 unspecified atom stereocenters. The quantitative estimate of drug-likeness (QED) is 0.661. The molecule has 3 N–H and O–H groups in total. The van der Waals surface area contributed by atoms with Crippen LogP contribution in [0.2, 0.25) is 0 Å². The van der Waals surface area contributed by atoms with Crippen molar-refractivity contribution in [1.82, 2.24) is 10.2 Å². The van der Waals surface area contributed by atoms with Crippen LogP contribution in [0, 0.1) is 0 Å². The van der Waals surface area contributed by atoms with E-state index in [4.69, 9.17) is 5.73 Å². The maximum atomic E-state index is 11.7. The third-order valence-corrected chi connectivity index (χ3v) is 2.22. The van der Waals surface area contributed by atoms with Crippen LogP contribution in [-0.2, 0) is 9.59 Å². The number of nitrogens with zero attached hydrogens (tertiary/aromatic N) is 1. The average molecular weight is 215 g/mol. The molecule has 0 saturated heterocycles. The Hall–Kier alpha value is -1.10. The van der Waals surface area contributed by atoms with Crippen molar-refractivity contribution < 1.29 is 9.59 Å². The van der Waals surface area contributed by atoms with Crippen molar-refractivity contribution in [3.63, 3.8) is 0 Å². The zero-order chi connectivity index (χ0) is 12.0. The third kappa shape index (κ3) is 4.29. The lowest BCUT2D eigenvalue weighted by Gasteiger charge is -2.23. The summed E-state index contributed by atoms with van der Waals surface area (Å²) < 4.78 is 0. The predicted octanol–water partition coefficient (Wildman–Crippen LogP) is -0.293. The topological polar surface area (TPSA) is 75.4 Å². The smallest absolute Gasteiger partial charge is 0.244 e. The summed E-state index contributed by atoms with van der Waals surface area (Å²) in [5.74, 6) is -0.378. The molecule has 0 bridgehead atoms. The number of likely N-dealkylation sites (N-methyl/N-ethyl adjacent to an activating group) is 1. The lowest BCUT2D eigenvalue weighted by Crippen LogP contribution is -2.50. The van der Waals surface area contributed by atoms with E-state index in [0.717, 1.165) is 0 Å². The summed E-state index contributed by atoms with van der Waals surface area (Å²) in [7, 11) is 0. The molecule has 0 aromatic rings. The fourth-order valence-electron chi connectivity index (χ4n) is 1.22. The molecule has 15 heavy (non-hydrogen) atoms.